The van der Waals surface area contributed by atoms with Gasteiger partial charge in [0.05, 0.1) is 29.6 Å². The van der Waals surface area contributed by atoms with Gasteiger partial charge in [-0.05, 0) is 55.5 Å². The molecule has 40 heavy (non-hydrogen) atoms. The second-order valence-electron chi connectivity index (χ2n) is 10.4. The lowest BCUT2D eigenvalue weighted by Gasteiger charge is -2.42. The highest BCUT2D eigenvalue weighted by Gasteiger charge is 2.56. The number of imide groups is 1. The summed E-state index contributed by atoms with van der Waals surface area (Å²) in [6, 6.07) is 10.2. The molecule has 6 rings (SSSR count). The fourth-order valence-corrected chi connectivity index (χ4v) is 6.65. The molecule has 10 heteroatoms. The van der Waals surface area contributed by atoms with Crippen LogP contribution < -0.4 is 9.64 Å². The summed E-state index contributed by atoms with van der Waals surface area (Å²) in [6.07, 6.45) is 3.52. The Morgan fingerprint density at radius 3 is 2.52 bits per heavy atom. The van der Waals surface area contributed by atoms with Crippen molar-refractivity contribution in [2.24, 2.45) is 17.8 Å². The Kier molecular flexibility index (Phi) is 5.79. The summed E-state index contributed by atoms with van der Waals surface area (Å²) < 4.78 is 5.18. The van der Waals surface area contributed by atoms with Crippen molar-refractivity contribution in [3.8, 4) is 11.5 Å². The second kappa shape index (κ2) is 9.11. The van der Waals surface area contributed by atoms with Gasteiger partial charge in [-0.15, -0.1) is 0 Å². The number of anilines is 1. The zero-order valence-corrected chi connectivity index (χ0v) is 21.6. The number of nitro groups is 1. The van der Waals surface area contributed by atoms with Crippen molar-refractivity contribution in [2.45, 2.75) is 25.7 Å². The first-order valence-corrected chi connectivity index (χ1v) is 12.8. The molecule has 1 aliphatic heterocycles. The van der Waals surface area contributed by atoms with Crippen molar-refractivity contribution in [3.05, 3.63) is 92.6 Å². The fourth-order valence-electron chi connectivity index (χ4n) is 6.65. The number of carbonyl (C=O) groups is 4. The van der Waals surface area contributed by atoms with Crippen LogP contribution in [0.1, 0.15) is 31.2 Å². The van der Waals surface area contributed by atoms with Crippen molar-refractivity contribution >= 4 is 34.8 Å². The van der Waals surface area contributed by atoms with Crippen LogP contribution in [-0.2, 0) is 19.2 Å². The summed E-state index contributed by atoms with van der Waals surface area (Å²) in [6.45, 7) is 1.57. The number of phenolic OH excluding ortho intramolecular Hbond substituents is 1. The molecule has 1 N–H and O–H groups in total. The van der Waals surface area contributed by atoms with Crippen LogP contribution in [0.25, 0.3) is 0 Å². The number of hydrogen-bond acceptors (Lipinski definition) is 8. The molecule has 4 aliphatic rings. The number of allylic oxidation sites excluding steroid dienone is 6. The summed E-state index contributed by atoms with van der Waals surface area (Å²) in [5, 5.41) is 21.9. The summed E-state index contributed by atoms with van der Waals surface area (Å²) in [5.74, 6) is -4.22. The molecule has 0 aromatic heterocycles. The van der Waals surface area contributed by atoms with E-state index in [1.54, 1.807) is 19.1 Å². The third-order valence-corrected chi connectivity index (χ3v) is 8.40. The number of fused-ring (bicyclic) bond motifs is 3. The lowest BCUT2D eigenvalue weighted by Crippen LogP contribution is -2.39. The van der Waals surface area contributed by atoms with Gasteiger partial charge in [0.2, 0.25) is 11.8 Å². The molecular formula is C30H24N2O8. The first kappa shape index (κ1) is 25.4. The molecule has 0 saturated carbocycles. The quantitative estimate of drug-likeness (QED) is 0.202. The summed E-state index contributed by atoms with van der Waals surface area (Å²) in [5.41, 5.74) is 2.09. The standard InChI is InChI=1S/C30H24N2O8/c1-14-10-23(34)27-21(28(14)35)13-20-18(25(27)15-6-9-24(40-2)22(33)11-15)7-8-19-26(20)30(37)31(29(19)36)16-4-3-5-17(12-16)32(38)39/h3-7,9-12,19-20,25-26,33H,8,13H2,1-2H3. The van der Waals surface area contributed by atoms with E-state index < -0.39 is 40.4 Å². The largest absolute Gasteiger partial charge is 0.504 e. The van der Waals surface area contributed by atoms with Crippen molar-refractivity contribution < 1.29 is 33.9 Å². The fraction of sp³-hybridized carbons (Fsp3) is 0.267. The van der Waals surface area contributed by atoms with E-state index in [1.807, 2.05) is 6.08 Å². The molecule has 4 atom stereocenters. The molecule has 2 aromatic rings. The SMILES string of the molecule is COc1ccc(C2C3=CCC4C(=O)N(c5cccc([N+](=O)[O-])c5)C(=O)C4C3CC3=C2C(=O)C=C(C)C3=O)cc1O. The number of nitrogens with zero attached hydrogens (tertiary/aromatic N) is 2. The second-order valence-corrected chi connectivity index (χ2v) is 10.4. The van der Waals surface area contributed by atoms with Crippen molar-refractivity contribution in [2.75, 3.05) is 12.0 Å². The van der Waals surface area contributed by atoms with E-state index in [0.717, 1.165) is 10.5 Å². The molecule has 1 heterocycles. The van der Waals surface area contributed by atoms with Gasteiger partial charge in [0.25, 0.3) is 5.69 Å². The van der Waals surface area contributed by atoms with Crippen LogP contribution in [0.2, 0.25) is 0 Å². The van der Waals surface area contributed by atoms with Crippen LogP contribution in [-0.4, -0.2) is 40.5 Å². The Bertz CT molecular complexity index is 1650. The average Bonchev–Trinajstić information content (AvgIpc) is 3.20. The zero-order chi connectivity index (χ0) is 28.5. The minimum atomic E-state index is -0.815. The Morgan fingerprint density at radius 2 is 1.82 bits per heavy atom. The van der Waals surface area contributed by atoms with E-state index in [4.69, 9.17) is 4.74 Å². The molecule has 202 valence electrons. The summed E-state index contributed by atoms with van der Waals surface area (Å²) in [7, 11) is 1.42. The van der Waals surface area contributed by atoms with E-state index in [1.165, 1.54) is 43.5 Å². The van der Waals surface area contributed by atoms with Gasteiger partial charge in [0, 0.05) is 34.8 Å². The number of methoxy groups -OCH3 is 1. The van der Waals surface area contributed by atoms with Crippen LogP contribution in [0.3, 0.4) is 0 Å². The molecule has 2 aromatic carbocycles. The number of carbonyl (C=O) groups excluding carboxylic acids is 4. The highest BCUT2D eigenvalue weighted by molar-refractivity contribution is 6.25. The lowest BCUT2D eigenvalue weighted by molar-refractivity contribution is -0.384. The number of ether oxygens (including phenoxy) is 1. The van der Waals surface area contributed by atoms with Gasteiger partial charge in [-0.3, -0.25) is 29.3 Å². The number of rotatable bonds is 4. The average molecular weight is 541 g/mol. The molecule has 4 unspecified atom stereocenters. The maximum Gasteiger partial charge on any atom is 0.271 e. The molecule has 10 nitrogen and oxygen atoms in total. The number of aromatic hydroxyl groups is 1. The number of non-ortho nitro benzene ring substituents is 1. The van der Waals surface area contributed by atoms with Gasteiger partial charge in [-0.1, -0.05) is 23.8 Å². The molecule has 2 amide bonds. The number of ketones is 2. The van der Waals surface area contributed by atoms with Gasteiger partial charge in [0.15, 0.2) is 23.1 Å². The molecule has 0 radical (unpaired) electrons. The zero-order valence-electron chi connectivity index (χ0n) is 21.6. The van der Waals surface area contributed by atoms with Gasteiger partial charge < -0.3 is 9.84 Å². The van der Waals surface area contributed by atoms with Gasteiger partial charge in [0.1, 0.15) is 0 Å². The number of hydrogen-bond donors (Lipinski definition) is 1. The Hall–Kier alpha value is -4.86. The summed E-state index contributed by atoms with van der Waals surface area (Å²) in [4.78, 5) is 65.9. The molecule has 0 spiro atoms. The first-order chi connectivity index (χ1) is 19.1. The predicted octanol–water partition coefficient (Wildman–Crippen LogP) is 3.94. The highest BCUT2D eigenvalue weighted by Crippen LogP contribution is 2.55. The Labute approximate surface area is 228 Å². The summed E-state index contributed by atoms with van der Waals surface area (Å²) >= 11 is 0. The van der Waals surface area contributed by atoms with Crippen LogP contribution in [0, 0.1) is 27.9 Å². The highest BCUT2D eigenvalue weighted by atomic mass is 16.6. The molecule has 3 aliphatic carbocycles. The van der Waals surface area contributed by atoms with Crippen LogP contribution in [0.15, 0.2) is 76.9 Å². The molecule has 1 fully saturated rings. The van der Waals surface area contributed by atoms with Crippen molar-refractivity contribution in [1.82, 2.24) is 0 Å². The number of benzene rings is 2. The van der Waals surface area contributed by atoms with Gasteiger partial charge in [-0.25, -0.2) is 4.90 Å². The first-order valence-electron chi connectivity index (χ1n) is 12.8. The molecule has 1 saturated heterocycles. The minimum Gasteiger partial charge on any atom is -0.504 e. The van der Waals surface area contributed by atoms with Crippen LogP contribution in [0.4, 0.5) is 11.4 Å². The molecule has 0 bridgehead atoms. The van der Waals surface area contributed by atoms with E-state index in [9.17, 15) is 34.4 Å². The maximum atomic E-state index is 13.9. The number of phenols is 1. The van der Waals surface area contributed by atoms with Crippen molar-refractivity contribution in [3.63, 3.8) is 0 Å². The number of nitro benzene ring substituents is 1. The third-order valence-electron chi connectivity index (χ3n) is 8.40. The van der Waals surface area contributed by atoms with Crippen LogP contribution in [0.5, 0.6) is 11.5 Å². The van der Waals surface area contributed by atoms with Gasteiger partial charge in [-0.2, -0.15) is 0 Å². The maximum absolute atomic E-state index is 13.9. The lowest BCUT2D eigenvalue weighted by atomic mass is 9.59. The normalized spacial score (nSPS) is 25.7. The smallest absolute Gasteiger partial charge is 0.271 e. The van der Waals surface area contributed by atoms with E-state index in [0.29, 0.717) is 22.3 Å². The number of Topliss-reactive ketones (excluding diaryl/α,β-unsaturated/α-hetero) is 1. The van der Waals surface area contributed by atoms with E-state index >= 15 is 0 Å². The number of amides is 2. The third kappa shape index (κ3) is 3.63. The Balaban J connectivity index is 1.47. The Morgan fingerprint density at radius 1 is 1.05 bits per heavy atom. The van der Waals surface area contributed by atoms with Crippen LogP contribution >= 0.6 is 0 Å². The monoisotopic (exact) mass is 540 g/mol. The predicted molar refractivity (Wildman–Crippen MR) is 142 cm³/mol. The van der Waals surface area contributed by atoms with Gasteiger partial charge >= 0.3 is 0 Å². The topological polar surface area (TPSA) is 144 Å². The van der Waals surface area contributed by atoms with E-state index in [-0.39, 0.29) is 47.3 Å². The minimum absolute atomic E-state index is 0.110. The van der Waals surface area contributed by atoms with Crippen molar-refractivity contribution in [1.29, 1.82) is 0 Å². The van der Waals surface area contributed by atoms with E-state index in [2.05, 4.69) is 0 Å². The molecular weight excluding hydrogens is 516 g/mol.